The zero-order chi connectivity index (χ0) is 25.0. The Morgan fingerprint density at radius 3 is 2.54 bits per heavy atom. The molecular weight excluding hydrogens is 338 g/mol. The van der Waals surface area contributed by atoms with Crippen LogP contribution < -0.4 is 4.57 Å². The molecule has 0 fully saturated rings. The molecule has 0 saturated heterocycles. The van der Waals surface area contributed by atoms with Crippen molar-refractivity contribution in [2.75, 3.05) is 0 Å². The molecule has 0 amide bonds. The minimum atomic E-state index is -2.49. The fourth-order valence-electron chi connectivity index (χ4n) is 3.69. The number of hydrogen-bond acceptors (Lipinski definition) is 0. The van der Waals surface area contributed by atoms with Gasteiger partial charge in [-0.05, 0) is 71.1 Å². The van der Waals surface area contributed by atoms with Crippen LogP contribution in [-0.2, 0) is 7.05 Å². The van der Waals surface area contributed by atoms with E-state index in [0.717, 1.165) is 38.9 Å². The van der Waals surface area contributed by atoms with Gasteiger partial charge in [0.15, 0.2) is 6.17 Å². The van der Waals surface area contributed by atoms with E-state index in [0.29, 0.717) is 10.9 Å². The Balaban J connectivity index is 2.06. The van der Waals surface area contributed by atoms with Crippen LogP contribution in [0.5, 0.6) is 0 Å². The molecule has 0 saturated carbocycles. The maximum Gasteiger partial charge on any atom is 0.220 e. The lowest BCUT2D eigenvalue weighted by molar-refractivity contribution is -0.659. The summed E-state index contributed by atoms with van der Waals surface area (Å²) in [6, 6.07) is 19.5. The van der Waals surface area contributed by atoms with Crippen LogP contribution in [-0.4, -0.2) is 0 Å². The van der Waals surface area contributed by atoms with Crippen LogP contribution in [0.2, 0.25) is 0 Å². The molecular formula is C27H28N+. The molecule has 0 aliphatic rings. The van der Waals surface area contributed by atoms with Crippen molar-refractivity contribution in [3.63, 3.8) is 0 Å². The first-order chi connectivity index (χ1) is 15.8. The van der Waals surface area contributed by atoms with E-state index in [1.807, 2.05) is 62.4 Å². The van der Waals surface area contributed by atoms with Crippen LogP contribution in [0.25, 0.3) is 33.2 Å². The second-order valence-electron chi connectivity index (χ2n) is 7.36. The van der Waals surface area contributed by atoms with Gasteiger partial charge in [0.05, 0.1) is 12.3 Å². The summed E-state index contributed by atoms with van der Waals surface area (Å²) in [6.07, 6.45) is 0.0691. The van der Waals surface area contributed by atoms with Crippen LogP contribution in [0.15, 0.2) is 72.9 Å². The number of rotatable bonds is 3. The van der Waals surface area contributed by atoms with Crippen molar-refractivity contribution in [3.05, 3.63) is 89.6 Å². The van der Waals surface area contributed by atoms with E-state index in [9.17, 15) is 0 Å². The number of aromatic nitrogens is 1. The van der Waals surface area contributed by atoms with Crippen LogP contribution in [0.1, 0.15) is 44.6 Å². The van der Waals surface area contributed by atoms with E-state index in [2.05, 4.69) is 0 Å². The van der Waals surface area contributed by atoms with Gasteiger partial charge in [-0.2, -0.15) is 0 Å². The summed E-state index contributed by atoms with van der Waals surface area (Å²) < 4.78 is 51.3. The van der Waals surface area contributed by atoms with E-state index < -0.39 is 12.7 Å². The lowest BCUT2D eigenvalue weighted by Crippen LogP contribution is -2.30. The fourth-order valence-corrected chi connectivity index (χ4v) is 3.69. The zero-order valence-corrected chi connectivity index (χ0v) is 16.7. The highest BCUT2D eigenvalue weighted by atomic mass is 14.9. The summed E-state index contributed by atoms with van der Waals surface area (Å²) in [5.41, 5.74) is 5.73. The number of hydrogen-bond donors (Lipinski definition) is 0. The van der Waals surface area contributed by atoms with E-state index in [4.69, 9.17) is 8.22 Å². The first-order valence-corrected chi connectivity index (χ1v) is 9.45. The molecule has 1 heterocycles. The van der Waals surface area contributed by atoms with Crippen molar-refractivity contribution >= 4 is 10.8 Å². The molecule has 140 valence electrons. The molecule has 28 heavy (non-hydrogen) atoms. The van der Waals surface area contributed by atoms with Crippen molar-refractivity contribution in [2.45, 2.75) is 33.5 Å². The monoisotopic (exact) mass is 372 g/mol. The maximum absolute atomic E-state index is 8.65. The molecule has 1 aromatic heterocycles. The molecule has 3 aromatic carbocycles. The van der Waals surface area contributed by atoms with Crippen molar-refractivity contribution < 1.29 is 12.8 Å². The normalized spacial score (nSPS) is 17.0. The van der Waals surface area contributed by atoms with Gasteiger partial charge in [-0.1, -0.05) is 56.2 Å². The van der Waals surface area contributed by atoms with Gasteiger partial charge in [-0.25, -0.2) is 4.57 Å². The molecule has 4 aromatic rings. The van der Waals surface area contributed by atoms with Gasteiger partial charge in [0.2, 0.25) is 5.69 Å². The summed E-state index contributed by atoms with van der Waals surface area (Å²) >= 11 is 0. The van der Waals surface area contributed by atoms with Crippen LogP contribution in [0.4, 0.5) is 0 Å². The van der Waals surface area contributed by atoms with Gasteiger partial charge < -0.3 is 0 Å². The number of pyridine rings is 1. The Morgan fingerprint density at radius 2 is 1.79 bits per heavy atom. The lowest BCUT2D eigenvalue weighted by Gasteiger charge is -2.15. The number of fused-ring (bicyclic) bond motifs is 1. The Hall–Kier alpha value is -2.93. The Labute approximate surface area is 176 Å². The second kappa shape index (κ2) is 7.24. The highest BCUT2D eigenvalue weighted by Crippen LogP contribution is 2.34. The summed E-state index contributed by atoms with van der Waals surface area (Å²) in [4.78, 5) is 0. The van der Waals surface area contributed by atoms with E-state index in [1.165, 1.54) is 6.92 Å². The van der Waals surface area contributed by atoms with E-state index >= 15 is 0 Å². The van der Waals surface area contributed by atoms with E-state index in [1.54, 1.807) is 23.7 Å². The first-order valence-electron chi connectivity index (χ1n) is 12.4. The molecule has 1 atom stereocenters. The summed E-state index contributed by atoms with van der Waals surface area (Å²) in [7, 11) is 1.76. The molecule has 1 heteroatoms. The third-order valence-electron chi connectivity index (χ3n) is 5.43. The summed E-state index contributed by atoms with van der Waals surface area (Å²) in [5.74, 6) is -1.78. The molecule has 1 unspecified atom stereocenters. The minimum Gasteiger partial charge on any atom is -0.200 e. The predicted octanol–water partition coefficient (Wildman–Crippen LogP) is 6.74. The molecule has 0 aliphatic carbocycles. The van der Waals surface area contributed by atoms with Gasteiger partial charge >= 0.3 is 0 Å². The maximum atomic E-state index is 8.65. The van der Waals surface area contributed by atoms with Gasteiger partial charge in [0.25, 0.3) is 0 Å². The topological polar surface area (TPSA) is 3.88 Å². The smallest absolute Gasteiger partial charge is 0.200 e. The molecule has 1 nitrogen and oxygen atoms in total. The summed E-state index contributed by atoms with van der Waals surface area (Å²) in [5, 5.41) is 1.47. The molecule has 0 spiro atoms. The predicted molar refractivity (Wildman–Crippen MR) is 120 cm³/mol. The first kappa shape index (κ1) is 12.5. The van der Waals surface area contributed by atoms with E-state index in [-0.39, 0.29) is 12.2 Å². The van der Waals surface area contributed by atoms with Gasteiger partial charge in [-0.15, -0.1) is 0 Å². The van der Waals surface area contributed by atoms with Crippen molar-refractivity contribution in [3.8, 4) is 22.4 Å². The molecule has 4 rings (SSSR count). The molecule has 0 bridgehead atoms. The van der Waals surface area contributed by atoms with Gasteiger partial charge in [0, 0.05) is 11.5 Å². The van der Waals surface area contributed by atoms with Crippen LogP contribution in [0.3, 0.4) is 0 Å². The quantitative estimate of drug-likeness (QED) is 0.351. The SMILES string of the molecule is [2H]c1c([2H])[n+](C)c(-c2cc(C([2H])(C)C([2H])([2H])[2H])cc(C)c2C)c2ccc(-c3ccccc3)cc12. The van der Waals surface area contributed by atoms with Gasteiger partial charge in [0.1, 0.15) is 8.42 Å². The third kappa shape index (κ3) is 3.22. The Bertz CT molecular complexity index is 1410. The third-order valence-corrected chi connectivity index (χ3v) is 5.43. The average molecular weight is 373 g/mol. The van der Waals surface area contributed by atoms with Crippen LogP contribution in [0, 0.1) is 13.8 Å². The number of aryl methyl sites for hydroxylation is 1. The van der Waals surface area contributed by atoms with Crippen molar-refractivity contribution in [1.29, 1.82) is 0 Å². The lowest BCUT2D eigenvalue weighted by atomic mass is 9.90. The standard InChI is InChI=1S/C27H28N/c1-18(2)24-15-19(3)20(4)26(17-24)27-25-12-11-22(21-9-7-6-8-10-21)16-23(25)13-14-28(27)5/h6-18H,1-5H3/q+1/i1D3,13D,14D,18D. The van der Waals surface area contributed by atoms with Crippen LogP contribution >= 0.6 is 0 Å². The average Bonchev–Trinajstić information content (AvgIpc) is 2.79. The van der Waals surface area contributed by atoms with Crippen molar-refractivity contribution in [1.82, 2.24) is 0 Å². The Kier molecular flexibility index (Phi) is 3.23. The molecule has 0 N–H and O–H groups in total. The number of nitrogens with zero attached hydrogens (tertiary/aromatic N) is 1. The highest BCUT2D eigenvalue weighted by Gasteiger charge is 2.19. The zero-order valence-electron chi connectivity index (χ0n) is 22.7. The minimum absolute atomic E-state index is 0.0691. The molecule has 0 aliphatic heterocycles. The second-order valence-corrected chi connectivity index (χ2v) is 7.36. The summed E-state index contributed by atoms with van der Waals surface area (Å²) in [6.45, 7) is 2.80. The highest BCUT2D eigenvalue weighted by molar-refractivity contribution is 5.96. The largest absolute Gasteiger partial charge is 0.220 e. The molecule has 0 radical (unpaired) electrons. The Morgan fingerprint density at radius 1 is 1.00 bits per heavy atom. The fraction of sp³-hybridized carbons (Fsp3) is 0.222. The number of benzene rings is 3. The van der Waals surface area contributed by atoms with Crippen molar-refractivity contribution in [2.24, 2.45) is 7.05 Å². The van der Waals surface area contributed by atoms with Gasteiger partial charge in [-0.3, -0.25) is 0 Å².